The van der Waals surface area contributed by atoms with Crippen molar-refractivity contribution in [3.8, 4) is 5.75 Å². The molecule has 0 saturated carbocycles. The second kappa shape index (κ2) is 5.83. The van der Waals surface area contributed by atoms with Crippen LogP contribution in [0.4, 0.5) is 5.13 Å². The standard InChI is InChI=1S/C17H13ClN2O2S/c18-12-5-6-14-10(8-12)7-11(9-22-14)16(21)20-17-19-13-3-1-2-4-15(13)23-17/h1-6,8,11H,7,9H2,(H,19,20,21)/t11-/m0/s1. The van der Waals surface area contributed by atoms with Crippen LogP contribution >= 0.6 is 22.9 Å². The first-order valence-corrected chi connectivity index (χ1v) is 8.46. The molecule has 4 nitrogen and oxygen atoms in total. The first-order valence-electron chi connectivity index (χ1n) is 7.27. The molecule has 0 fully saturated rings. The van der Waals surface area contributed by atoms with Crippen LogP contribution in [0.5, 0.6) is 5.75 Å². The van der Waals surface area contributed by atoms with Crippen molar-refractivity contribution >= 4 is 44.2 Å². The molecular weight excluding hydrogens is 332 g/mol. The van der Waals surface area contributed by atoms with Gasteiger partial charge in [0.05, 0.1) is 16.1 Å². The van der Waals surface area contributed by atoms with Gasteiger partial charge in [-0.25, -0.2) is 4.98 Å². The molecule has 0 saturated heterocycles. The van der Waals surface area contributed by atoms with E-state index in [1.54, 1.807) is 6.07 Å². The summed E-state index contributed by atoms with van der Waals surface area (Å²) in [5.41, 5.74) is 1.86. The number of fused-ring (bicyclic) bond motifs is 2. The lowest BCUT2D eigenvalue weighted by atomic mass is 9.96. The Labute approximate surface area is 142 Å². The molecule has 0 aliphatic carbocycles. The summed E-state index contributed by atoms with van der Waals surface area (Å²) in [5.74, 6) is 0.487. The van der Waals surface area contributed by atoms with E-state index in [0.29, 0.717) is 23.2 Å². The molecule has 1 atom stereocenters. The highest BCUT2D eigenvalue weighted by molar-refractivity contribution is 7.22. The Balaban J connectivity index is 1.51. The number of carbonyl (C=O) groups is 1. The zero-order valence-electron chi connectivity index (χ0n) is 12.1. The molecule has 1 aromatic heterocycles. The third kappa shape index (κ3) is 2.90. The number of anilines is 1. The Morgan fingerprint density at radius 3 is 3.04 bits per heavy atom. The van der Waals surface area contributed by atoms with Gasteiger partial charge in [-0.15, -0.1) is 0 Å². The molecule has 0 spiro atoms. The molecule has 1 aliphatic rings. The number of nitrogens with one attached hydrogen (secondary N) is 1. The number of carbonyl (C=O) groups excluding carboxylic acids is 1. The second-order valence-corrected chi connectivity index (χ2v) is 6.91. The highest BCUT2D eigenvalue weighted by Gasteiger charge is 2.26. The van der Waals surface area contributed by atoms with E-state index < -0.39 is 0 Å². The number of nitrogens with zero attached hydrogens (tertiary/aromatic N) is 1. The number of hydrogen-bond acceptors (Lipinski definition) is 4. The van der Waals surface area contributed by atoms with E-state index in [0.717, 1.165) is 21.5 Å². The van der Waals surface area contributed by atoms with Crippen LogP contribution < -0.4 is 10.1 Å². The second-order valence-electron chi connectivity index (χ2n) is 5.44. The summed E-state index contributed by atoms with van der Waals surface area (Å²) in [6.07, 6.45) is 0.618. The summed E-state index contributed by atoms with van der Waals surface area (Å²) in [5, 5.41) is 4.17. The SMILES string of the molecule is O=C(Nc1nc2ccccc2s1)[C@@H]1COc2ccc(Cl)cc2C1. The van der Waals surface area contributed by atoms with Crippen LogP contribution in [0.3, 0.4) is 0 Å². The summed E-state index contributed by atoms with van der Waals surface area (Å²) < 4.78 is 6.73. The van der Waals surface area contributed by atoms with E-state index in [2.05, 4.69) is 10.3 Å². The fraction of sp³-hybridized carbons (Fsp3) is 0.176. The average molecular weight is 345 g/mol. The van der Waals surface area contributed by atoms with Crippen LogP contribution in [0.2, 0.25) is 5.02 Å². The number of hydrogen-bond donors (Lipinski definition) is 1. The third-order valence-corrected chi connectivity index (χ3v) is 5.01. The van der Waals surface area contributed by atoms with Crippen molar-refractivity contribution in [2.24, 2.45) is 5.92 Å². The number of para-hydroxylation sites is 1. The normalized spacial score (nSPS) is 16.7. The van der Waals surface area contributed by atoms with Crippen LogP contribution in [0.15, 0.2) is 42.5 Å². The highest BCUT2D eigenvalue weighted by Crippen LogP contribution is 2.31. The highest BCUT2D eigenvalue weighted by atomic mass is 35.5. The van der Waals surface area contributed by atoms with E-state index in [1.807, 2.05) is 36.4 Å². The van der Waals surface area contributed by atoms with Gasteiger partial charge >= 0.3 is 0 Å². The molecule has 3 aromatic rings. The monoisotopic (exact) mass is 344 g/mol. The van der Waals surface area contributed by atoms with Crippen molar-refractivity contribution in [1.29, 1.82) is 0 Å². The van der Waals surface area contributed by atoms with E-state index in [9.17, 15) is 4.79 Å². The lowest BCUT2D eigenvalue weighted by molar-refractivity contribution is -0.121. The van der Waals surface area contributed by atoms with Crippen LogP contribution in [0.1, 0.15) is 5.56 Å². The molecule has 116 valence electrons. The summed E-state index contributed by atoms with van der Waals surface area (Å²) in [7, 11) is 0. The van der Waals surface area contributed by atoms with Crippen molar-refractivity contribution in [3.05, 3.63) is 53.1 Å². The predicted molar refractivity (Wildman–Crippen MR) is 92.4 cm³/mol. The molecule has 0 unspecified atom stereocenters. The summed E-state index contributed by atoms with van der Waals surface area (Å²) in [6.45, 7) is 0.366. The molecule has 4 rings (SSSR count). The summed E-state index contributed by atoms with van der Waals surface area (Å²) in [6, 6.07) is 13.3. The van der Waals surface area contributed by atoms with Gasteiger partial charge < -0.3 is 10.1 Å². The molecule has 2 heterocycles. The fourth-order valence-corrected chi connectivity index (χ4v) is 3.73. The average Bonchev–Trinajstić information content (AvgIpc) is 2.96. The summed E-state index contributed by atoms with van der Waals surface area (Å²) >= 11 is 7.49. The third-order valence-electron chi connectivity index (χ3n) is 3.82. The number of rotatable bonds is 2. The number of aromatic nitrogens is 1. The zero-order chi connectivity index (χ0) is 15.8. The number of amides is 1. The van der Waals surface area contributed by atoms with Crippen molar-refractivity contribution in [2.45, 2.75) is 6.42 Å². The number of thiazole rings is 1. The smallest absolute Gasteiger partial charge is 0.233 e. The molecule has 1 amide bonds. The lowest BCUT2D eigenvalue weighted by Gasteiger charge is -2.24. The minimum absolute atomic E-state index is 0.0744. The first kappa shape index (κ1) is 14.5. The number of halogens is 1. The molecule has 23 heavy (non-hydrogen) atoms. The minimum Gasteiger partial charge on any atom is -0.492 e. The minimum atomic E-state index is -0.243. The Bertz CT molecular complexity index is 860. The topological polar surface area (TPSA) is 51.2 Å². The van der Waals surface area contributed by atoms with Gasteiger partial charge in [0.1, 0.15) is 12.4 Å². The van der Waals surface area contributed by atoms with Crippen molar-refractivity contribution < 1.29 is 9.53 Å². The number of benzene rings is 2. The van der Waals surface area contributed by atoms with Gasteiger partial charge in [-0.05, 0) is 42.3 Å². The van der Waals surface area contributed by atoms with Crippen molar-refractivity contribution in [1.82, 2.24) is 4.98 Å². The lowest BCUT2D eigenvalue weighted by Crippen LogP contribution is -2.32. The maximum absolute atomic E-state index is 12.5. The van der Waals surface area contributed by atoms with E-state index in [1.165, 1.54) is 11.3 Å². The van der Waals surface area contributed by atoms with Crippen LogP contribution in [-0.4, -0.2) is 17.5 Å². The van der Waals surface area contributed by atoms with Gasteiger partial charge in [0.25, 0.3) is 0 Å². The zero-order valence-corrected chi connectivity index (χ0v) is 13.7. The van der Waals surface area contributed by atoms with E-state index >= 15 is 0 Å². The largest absolute Gasteiger partial charge is 0.492 e. The van der Waals surface area contributed by atoms with E-state index in [-0.39, 0.29) is 11.8 Å². The Morgan fingerprint density at radius 2 is 2.17 bits per heavy atom. The fourth-order valence-electron chi connectivity index (χ4n) is 2.66. The van der Waals surface area contributed by atoms with Gasteiger partial charge in [0, 0.05) is 5.02 Å². The molecule has 0 radical (unpaired) electrons. The van der Waals surface area contributed by atoms with Gasteiger partial charge in [-0.1, -0.05) is 35.1 Å². The summed E-state index contributed by atoms with van der Waals surface area (Å²) in [4.78, 5) is 16.9. The number of ether oxygens (including phenoxy) is 1. The molecule has 1 N–H and O–H groups in total. The predicted octanol–water partition coefficient (Wildman–Crippen LogP) is 4.14. The molecular formula is C17H13ClN2O2S. The molecule has 6 heteroatoms. The Morgan fingerprint density at radius 1 is 1.30 bits per heavy atom. The van der Waals surface area contributed by atoms with E-state index in [4.69, 9.17) is 16.3 Å². The van der Waals surface area contributed by atoms with Crippen molar-refractivity contribution in [3.63, 3.8) is 0 Å². The van der Waals surface area contributed by atoms with Crippen LogP contribution in [-0.2, 0) is 11.2 Å². The van der Waals surface area contributed by atoms with Gasteiger partial charge in [-0.3, -0.25) is 4.79 Å². The quantitative estimate of drug-likeness (QED) is 0.760. The van der Waals surface area contributed by atoms with Gasteiger partial charge in [0.15, 0.2) is 5.13 Å². The van der Waals surface area contributed by atoms with Crippen LogP contribution in [0.25, 0.3) is 10.2 Å². The molecule has 1 aliphatic heterocycles. The van der Waals surface area contributed by atoms with Crippen molar-refractivity contribution in [2.75, 3.05) is 11.9 Å². The first-order chi connectivity index (χ1) is 11.2. The maximum Gasteiger partial charge on any atom is 0.233 e. The van der Waals surface area contributed by atoms with Gasteiger partial charge in [0.2, 0.25) is 5.91 Å². The molecule has 2 aromatic carbocycles. The van der Waals surface area contributed by atoms with Gasteiger partial charge in [-0.2, -0.15) is 0 Å². The maximum atomic E-state index is 12.5. The Kier molecular flexibility index (Phi) is 3.67. The van der Waals surface area contributed by atoms with Crippen LogP contribution in [0, 0.1) is 5.92 Å². The Hall–Kier alpha value is -2.11. The molecule has 0 bridgehead atoms.